The fourth-order valence-corrected chi connectivity index (χ4v) is 1.13. The average molecular weight is 182 g/mol. The molecule has 4 N–H and O–H groups in total. The van der Waals surface area contributed by atoms with Crippen LogP contribution in [0, 0.1) is 0 Å². The van der Waals surface area contributed by atoms with E-state index >= 15 is 0 Å². The third kappa shape index (κ3) is 1.37. The number of hydrogen-bond donors (Lipinski definition) is 5. The third-order valence-electron chi connectivity index (χ3n) is 1.63. The average Bonchev–Trinajstić information content (AvgIpc) is 2.14. The Kier molecular flexibility index (Phi) is 2.43. The lowest BCUT2D eigenvalue weighted by Crippen LogP contribution is -2.43. The van der Waals surface area contributed by atoms with Crippen molar-refractivity contribution in [3.05, 3.63) is 0 Å². The largest absolute Gasteiger partial charge is 0.394 e. The first-order valence-corrected chi connectivity index (χ1v) is 3.52. The topological polar surface area (TPSA) is 90.2 Å². The molecule has 0 aromatic heterocycles. The van der Waals surface area contributed by atoms with Crippen LogP contribution >= 0.6 is 12.6 Å². The van der Waals surface area contributed by atoms with Gasteiger partial charge in [0.05, 0.1) is 6.61 Å². The van der Waals surface area contributed by atoms with Gasteiger partial charge < -0.3 is 25.2 Å². The minimum atomic E-state index is -1.99. The van der Waals surface area contributed by atoms with Crippen LogP contribution in [0.4, 0.5) is 0 Å². The number of rotatable bonds is 1. The van der Waals surface area contributed by atoms with Crippen molar-refractivity contribution in [1.82, 2.24) is 0 Å². The van der Waals surface area contributed by atoms with E-state index in [2.05, 4.69) is 17.4 Å². The Morgan fingerprint density at radius 1 is 1.45 bits per heavy atom. The monoisotopic (exact) mass is 182 g/mol. The van der Waals surface area contributed by atoms with Crippen molar-refractivity contribution in [3.8, 4) is 0 Å². The first kappa shape index (κ1) is 9.24. The number of aliphatic hydroxyl groups is 4. The van der Waals surface area contributed by atoms with Gasteiger partial charge in [-0.15, -0.1) is 12.6 Å². The summed E-state index contributed by atoms with van der Waals surface area (Å²) >= 11 is 3.57. The quantitative estimate of drug-likeness (QED) is 0.232. The van der Waals surface area contributed by atoms with E-state index in [1.54, 1.807) is 0 Å². The Labute approximate surface area is 68.6 Å². The van der Waals surface area contributed by atoms with Gasteiger partial charge in [-0.1, -0.05) is 0 Å². The molecule has 0 radical (unpaired) electrons. The molecular formula is C5H10O5S. The molecule has 0 spiro atoms. The van der Waals surface area contributed by atoms with Crippen molar-refractivity contribution in [2.75, 3.05) is 6.61 Å². The molecule has 0 bridgehead atoms. The molecule has 5 nitrogen and oxygen atoms in total. The third-order valence-corrected chi connectivity index (χ3v) is 2.12. The number of thiol groups is 1. The molecular weight excluding hydrogens is 172 g/mol. The van der Waals surface area contributed by atoms with Gasteiger partial charge in [0.2, 0.25) is 0 Å². The van der Waals surface area contributed by atoms with E-state index in [1.165, 1.54) is 0 Å². The van der Waals surface area contributed by atoms with Crippen molar-refractivity contribution in [3.63, 3.8) is 0 Å². The van der Waals surface area contributed by atoms with E-state index < -0.39 is 30.0 Å². The Hall–Kier alpha value is 0.150. The van der Waals surface area contributed by atoms with Crippen LogP contribution in [-0.4, -0.2) is 50.5 Å². The zero-order chi connectivity index (χ0) is 8.65. The second-order valence-corrected chi connectivity index (χ2v) is 3.15. The molecule has 6 heteroatoms. The van der Waals surface area contributed by atoms with Gasteiger partial charge in [-0.25, -0.2) is 0 Å². The van der Waals surface area contributed by atoms with Crippen LogP contribution in [0.5, 0.6) is 0 Å². The van der Waals surface area contributed by atoms with Crippen LogP contribution in [-0.2, 0) is 4.74 Å². The normalized spacial score (nSPS) is 51.5. The van der Waals surface area contributed by atoms with Crippen molar-refractivity contribution in [1.29, 1.82) is 0 Å². The summed E-state index contributed by atoms with van der Waals surface area (Å²) in [4.78, 5) is -1.99. The first-order chi connectivity index (χ1) is 5.00. The Morgan fingerprint density at radius 2 is 2.00 bits per heavy atom. The molecule has 1 saturated heterocycles. The predicted octanol–water partition coefficient (Wildman–Crippen LogP) is -2.32. The second kappa shape index (κ2) is 2.89. The summed E-state index contributed by atoms with van der Waals surface area (Å²) in [5, 5.41) is 35.7. The zero-order valence-electron chi connectivity index (χ0n) is 5.58. The van der Waals surface area contributed by atoms with Gasteiger partial charge in [0.25, 0.3) is 0 Å². The molecule has 0 amide bonds. The van der Waals surface area contributed by atoms with E-state index in [0.717, 1.165) is 0 Å². The smallest absolute Gasteiger partial charge is 0.196 e. The zero-order valence-corrected chi connectivity index (χ0v) is 6.48. The molecule has 0 aromatic rings. The summed E-state index contributed by atoms with van der Waals surface area (Å²) in [6.45, 7) is -0.471. The molecule has 1 unspecified atom stereocenters. The summed E-state index contributed by atoms with van der Waals surface area (Å²) in [6.07, 6.45) is -3.93. The van der Waals surface area contributed by atoms with Crippen LogP contribution in [0.2, 0.25) is 0 Å². The molecule has 1 aliphatic rings. The standard InChI is InChI=1S/C5H10O5S/c6-1-2-3(7)5(9,11)4(8)10-2/h2-4,6-9,11H,1H2/t2-,3-,4?,5+/m1/s1. The minimum Gasteiger partial charge on any atom is -0.394 e. The fourth-order valence-electron chi connectivity index (χ4n) is 0.903. The predicted molar refractivity (Wildman–Crippen MR) is 37.9 cm³/mol. The summed E-state index contributed by atoms with van der Waals surface area (Å²) < 4.78 is 4.57. The summed E-state index contributed by atoms with van der Waals surface area (Å²) in [5.74, 6) is 0. The lowest BCUT2D eigenvalue weighted by molar-refractivity contribution is -0.142. The highest BCUT2D eigenvalue weighted by Gasteiger charge is 2.52. The van der Waals surface area contributed by atoms with Gasteiger partial charge in [0.1, 0.15) is 12.2 Å². The van der Waals surface area contributed by atoms with Crippen LogP contribution in [0.25, 0.3) is 0 Å². The maximum Gasteiger partial charge on any atom is 0.196 e. The van der Waals surface area contributed by atoms with Crippen LogP contribution in [0.1, 0.15) is 0 Å². The highest BCUT2D eigenvalue weighted by Crippen LogP contribution is 2.32. The highest BCUT2D eigenvalue weighted by atomic mass is 32.1. The van der Waals surface area contributed by atoms with Gasteiger partial charge in [-0.2, -0.15) is 0 Å². The number of aliphatic hydroxyl groups excluding tert-OH is 3. The molecule has 1 rings (SSSR count). The molecule has 1 aliphatic heterocycles. The second-order valence-electron chi connectivity index (χ2n) is 2.44. The fraction of sp³-hybridized carbons (Fsp3) is 1.00. The van der Waals surface area contributed by atoms with Crippen molar-refractivity contribution < 1.29 is 25.2 Å². The van der Waals surface area contributed by atoms with Gasteiger partial charge in [-0.05, 0) is 0 Å². The summed E-state index contributed by atoms with van der Waals surface area (Å²) in [6, 6.07) is 0. The molecule has 11 heavy (non-hydrogen) atoms. The van der Waals surface area contributed by atoms with Crippen LogP contribution < -0.4 is 0 Å². The number of hydrogen-bond acceptors (Lipinski definition) is 6. The van der Waals surface area contributed by atoms with Crippen LogP contribution in [0.15, 0.2) is 0 Å². The van der Waals surface area contributed by atoms with Crippen molar-refractivity contribution in [2.45, 2.75) is 23.4 Å². The lowest BCUT2D eigenvalue weighted by Gasteiger charge is -2.21. The molecule has 1 fully saturated rings. The Balaban J connectivity index is 2.71. The Morgan fingerprint density at radius 3 is 2.18 bits per heavy atom. The van der Waals surface area contributed by atoms with Crippen LogP contribution in [0.3, 0.4) is 0 Å². The molecule has 1 heterocycles. The highest BCUT2D eigenvalue weighted by molar-refractivity contribution is 7.81. The molecule has 0 saturated carbocycles. The van der Waals surface area contributed by atoms with E-state index in [4.69, 9.17) is 20.4 Å². The van der Waals surface area contributed by atoms with E-state index in [-0.39, 0.29) is 0 Å². The van der Waals surface area contributed by atoms with Crippen molar-refractivity contribution in [2.24, 2.45) is 0 Å². The maximum atomic E-state index is 9.16. The van der Waals surface area contributed by atoms with Gasteiger partial charge >= 0.3 is 0 Å². The first-order valence-electron chi connectivity index (χ1n) is 3.07. The lowest BCUT2D eigenvalue weighted by atomic mass is 10.1. The summed E-state index contributed by atoms with van der Waals surface area (Å²) in [5.41, 5.74) is 0. The Bertz CT molecular complexity index is 150. The van der Waals surface area contributed by atoms with E-state index in [0.29, 0.717) is 0 Å². The maximum absolute atomic E-state index is 9.16. The molecule has 0 aromatic carbocycles. The van der Waals surface area contributed by atoms with Gasteiger partial charge in [0, 0.05) is 0 Å². The van der Waals surface area contributed by atoms with Gasteiger partial charge in [-0.3, -0.25) is 0 Å². The van der Waals surface area contributed by atoms with Crippen molar-refractivity contribution >= 4 is 12.6 Å². The molecule has 4 atom stereocenters. The summed E-state index contributed by atoms with van der Waals surface area (Å²) in [7, 11) is 0. The molecule has 66 valence electrons. The molecule has 0 aliphatic carbocycles. The minimum absolute atomic E-state index is 0.471. The van der Waals surface area contributed by atoms with Gasteiger partial charge in [0.15, 0.2) is 11.2 Å². The van der Waals surface area contributed by atoms with E-state index in [1.807, 2.05) is 0 Å². The van der Waals surface area contributed by atoms with E-state index in [9.17, 15) is 0 Å². The number of ether oxygens (including phenoxy) is 1. The SMILES string of the molecule is OC[C@H]1OC(O)[C@@](O)(S)[C@@H]1O.